The van der Waals surface area contributed by atoms with E-state index in [0.717, 1.165) is 54.6 Å². The van der Waals surface area contributed by atoms with Crippen LogP contribution in [0.15, 0.2) is 53.4 Å². The number of aromatic nitrogens is 2. The molecule has 0 radical (unpaired) electrons. The molecule has 0 saturated carbocycles. The van der Waals surface area contributed by atoms with Gasteiger partial charge in [0.15, 0.2) is 9.84 Å². The molecule has 1 fully saturated rings. The average Bonchev–Trinajstić information content (AvgIpc) is 3.39. The minimum Gasteiger partial charge on any atom is -0.496 e. The highest BCUT2D eigenvalue weighted by Gasteiger charge is 2.24. The van der Waals surface area contributed by atoms with E-state index in [2.05, 4.69) is 28.4 Å². The summed E-state index contributed by atoms with van der Waals surface area (Å²) < 4.78 is 37.2. The molecule has 5 rings (SSSR count). The highest BCUT2D eigenvalue weighted by molar-refractivity contribution is 7.92. The van der Waals surface area contributed by atoms with Gasteiger partial charge in [-0.2, -0.15) is 0 Å². The van der Waals surface area contributed by atoms with Crippen molar-refractivity contribution in [3.8, 4) is 5.75 Å². The predicted molar refractivity (Wildman–Crippen MR) is 146 cm³/mol. The molecule has 3 aromatic rings. The summed E-state index contributed by atoms with van der Waals surface area (Å²) in [5.74, 6) is 2.03. The fourth-order valence-electron chi connectivity index (χ4n) is 4.63. The second-order valence-corrected chi connectivity index (χ2v) is 11.9. The molecule has 0 unspecified atom stereocenters. The van der Waals surface area contributed by atoms with Crippen LogP contribution in [0, 0.1) is 0 Å². The van der Waals surface area contributed by atoms with Crippen molar-refractivity contribution in [3.05, 3.63) is 71.2 Å². The number of nitrogens with one attached hydrogen (secondary N) is 1. The molecule has 0 amide bonds. The number of methoxy groups -OCH3 is 1. The molecular formula is C28H32N4O4S. The van der Waals surface area contributed by atoms with Crippen molar-refractivity contribution >= 4 is 33.1 Å². The van der Waals surface area contributed by atoms with E-state index in [1.54, 1.807) is 39.2 Å². The van der Waals surface area contributed by atoms with Gasteiger partial charge in [-0.25, -0.2) is 18.4 Å². The Bertz CT molecular complexity index is 1430. The number of allylic oxidation sites excluding steroid dienone is 1. The van der Waals surface area contributed by atoms with Gasteiger partial charge in [-0.1, -0.05) is 30.4 Å². The normalized spacial score (nSPS) is 15.2. The summed E-state index contributed by atoms with van der Waals surface area (Å²) in [6.45, 7) is 6.52. The number of benzene rings is 2. The van der Waals surface area contributed by atoms with Gasteiger partial charge in [-0.3, -0.25) is 0 Å². The molecule has 2 aromatic carbocycles. The van der Waals surface area contributed by atoms with Gasteiger partial charge in [0.1, 0.15) is 17.4 Å². The van der Waals surface area contributed by atoms with E-state index in [1.807, 2.05) is 18.2 Å². The van der Waals surface area contributed by atoms with Crippen molar-refractivity contribution in [1.82, 2.24) is 9.97 Å². The second-order valence-electron chi connectivity index (χ2n) is 9.44. The third-order valence-corrected chi connectivity index (χ3v) is 8.94. The Labute approximate surface area is 218 Å². The standard InChI is InChI=1S/C28H32N4O4S/c1-19(2)37(33,34)26-10-5-4-8-24(26)30-28-22-7-6-9-23(22)29-27(31-28)17-20-11-12-21(18-25(20)35-3)32-13-15-36-16-14-32/h4-8,10-12,18-19H,9,13-17H2,1-3H3,(H,29,30,31). The minimum absolute atomic E-state index is 0.265. The highest BCUT2D eigenvalue weighted by Crippen LogP contribution is 2.33. The fraction of sp³-hybridized carbons (Fsp3) is 0.357. The zero-order chi connectivity index (χ0) is 26.0. The van der Waals surface area contributed by atoms with E-state index in [1.165, 1.54) is 0 Å². The van der Waals surface area contributed by atoms with E-state index in [9.17, 15) is 8.42 Å². The van der Waals surface area contributed by atoms with E-state index in [0.29, 0.717) is 30.2 Å². The third-order valence-electron chi connectivity index (χ3n) is 6.73. The summed E-state index contributed by atoms with van der Waals surface area (Å²) in [5, 5.41) is 2.78. The van der Waals surface area contributed by atoms with Gasteiger partial charge >= 0.3 is 0 Å². The number of para-hydroxylation sites is 1. The van der Waals surface area contributed by atoms with Crippen molar-refractivity contribution < 1.29 is 17.9 Å². The molecule has 1 aliphatic heterocycles. The van der Waals surface area contributed by atoms with Gasteiger partial charge in [-0.05, 0) is 32.0 Å². The smallest absolute Gasteiger partial charge is 0.182 e. The van der Waals surface area contributed by atoms with Crippen LogP contribution in [0.3, 0.4) is 0 Å². The van der Waals surface area contributed by atoms with Crippen LogP contribution in [0.2, 0.25) is 0 Å². The largest absolute Gasteiger partial charge is 0.496 e. The molecule has 9 heteroatoms. The van der Waals surface area contributed by atoms with Crippen LogP contribution in [-0.2, 0) is 27.4 Å². The summed E-state index contributed by atoms with van der Waals surface area (Å²) in [6.07, 6.45) is 5.22. The molecule has 0 spiro atoms. The van der Waals surface area contributed by atoms with Crippen LogP contribution in [-0.4, -0.2) is 57.0 Å². The van der Waals surface area contributed by atoms with Crippen molar-refractivity contribution in [2.45, 2.75) is 36.8 Å². The van der Waals surface area contributed by atoms with E-state index in [4.69, 9.17) is 19.4 Å². The summed E-state index contributed by atoms with van der Waals surface area (Å²) in [5.41, 5.74) is 4.40. The van der Waals surface area contributed by atoms with Gasteiger partial charge in [0, 0.05) is 48.8 Å². The molecular weight excluding hydrogens is 488 g/mol. The van der Waals surface area contributed by atoms with Gasteiger partial charge < -0.3 is 19.7 Å². The number of ether oxygens (including phenoxy) is 2. The molecule has 1 aromatic heterocycles. The Morgan fingerprint density at radius 1 is 1.11 bits per heavy atom. The average molecular weight is 521 g/mol. The van der Waals surface area contributed by atoms with E-state index >= 15 is 0 Å². The van der Waals surface area contributed by atoms with Crippen molar-refractivity contribution in [1.29, 1.82) is 0 Å². The van der Waals surface area contributed by atoms with Gasteiger partial charge in [0.25, 0.3) is 0 Å². The molecule has 0 bridgehead atoms. The number of hydrogen-bond donors (Lipinski definition) is 1. The van der Waals surface area contributed by atoms with Gasteiger partial charge in [0.2, 0.25) is 0 Å². The number of hydrogen-bond acceptors (Lipinski definition) is 8. The van der Waals surface area contributed by atoms with Crippen LogP contribution >= 0.6 is 0 Å². The van der Waals surface area contributed by atoms with E-state index < -0.39 is 15.1 Å². The molecule has 1 aliphatic carbocycles. The zero-order valence-electron chi connectivity index (χ0n) is 21.4. The molecule has 0 atom stereocenters. The molecule has 1 N–H and O–H groups in total. The maximum atomic E-state index is 13.0. The summed E-state index contributed by atoms with van der Waals surface area (Å²) in [7, 11) is -1.80. The van der Waals surface area contributed by atoms with Crippen LogP contribution in [0.5, 0.6) is 5.75 Å². The monoisotopic (exact) mass is 520 g/mol. The first-order valence-electron chi connectivity index (χ1n) is 12.5. The lowest BCUT2D eigenvalue weighted by Gasteiger charge is -2.29. The molecule has 37 heavy (non-hydrogen) atoms. The SMILES string of the molecule is COc1cc(N2CCOCC2)ccc1Cc1nc2c(c(Nc3ccccc3S(=O)(=O)C(C)C)n1)C=CC2. The summed E-state index contributed by atoms with van der Waals surface area (Å²) in [4.78, 5) is 12.2. The number of sulfone groups is 1. The summed E-state index contributed by atoms with van der Waals surface area (Å²) >= 11 is 0. The molecule has 8 nitrogen and oxygen atoms in total. The highest BCUT2D eigenvalue weighted by atomic mass is 32.2. The number of anilines is 3. The number of nitrogens with zero attached hydrogens (tertiary/aromatic N) is 3. The number of rotatable bonds is 8. The van der Waals surface area contributed by atoms with Crippen LogP contribution in [0.25, 0.3) is 6.08 Å². The maximum absolute atomic E-state index is 13.0. The van der Waals surface area contributed by atoms with Gasteiger partial charge in [0.05, 0.1) is 41.9 Å². The Kier molecular flexibility index (Phi) is 7.17. The first kappa shape index (κ1) is 25.2. The topological polar surface area (TPSA) is 93.7 Å². The van der Waals surface area contributed by atoms with Crippen LogP contribution in [0.1, 0.15) is 36.5 Å². The van der Waals surface area contributed by atoms with Crippen LogP contribution in [0.4, 0.5) is 17.2 Å². The third kappa shape index (κ3) is 5.19. The number of fused-ring (bicyclic) bond motifs is 1. The quantitative estimate of drug-likeness (QED) is 0.467. The predicted octanol–water partition coefficient (Wildman–Crippen LogP) is 4.41. The maximum Gasteiger partial charge on any atom is 0.182 e. The fourth-order valence-corrected chi connectivity index (χ4v) is 5.83. The van der Waals surface area contributed by atoms with E-state index in [-0.39, 0.29) is 4.90 Å². The molecule has 194 valence electrons. The first-order valence-corrected chi connectivity index (χ1v) is 14.1. The van der Waals surface area contributed by atoms with Gasteiger partial charge in [-0.15, -0.1) is 0 Å². The molecule has 2 heterocycles. The van der Waals surface area contributed by atoms with Crippen LogP contribution < -0.4 is 15.0 Å². The Balaban J connectivity index is 1.47. The second kappa shape index (κ2) is 10.5. The molecule has 1 saturated heterocycles. The van der Waals surface area contributed by atoms with Crippen molar-refractivity contribution in [3.63, 3.8) is 0 Å². The Hall–Kier alpha value is -3.43. The summed E-state index contributed by atoms with van der Waals surface area (Å²) in [6, 6.07) is 13.2. The zero-order valence-corrected chi connectivity index (χ0v) is 22.2. The number of morpholine rings is 1. The lowest BCUT2D eigenvalue weighted by atomic mass is 10.1. The Morgan fingerprint density at radius 2 is 1.89 bits per heavy atom. The molecule has 2 aliphatic rings. The lowest BCUT2D eigenvalue weighted by Crippen LogP contribution is -2.36. The minimum atomic E-state index is -3.48. The van der Waals surface area contributed by atoms with Crippen molar-refractivity contribution in [2.24, 2.45) is 0 Å². The van der Waals surface area contributed by atoms with Crippen molar-refractivity contribution in [2.75, 3.05) is 43.6 Å². The first-order chi connectivity index (χ1) is 17.9. The lowest BCUT2D eigenvalue weighted by molar-refractivity contribution is 0.122. The Morgan fingerprint density at radius 3 is 2.65 bits per heavy atom.